The molecular weight excluding hydrogens is 417 g/mol. The van der Waals surface area contributed by atoms with Gasteiger partial charge in [-0.3, -0.25) is 4.79 Å². The molecule has 3 aromatic rings. The van der Waals surface area contributed by atoms with E-state index in [1.54, 1.807) is 13.0 Å². The number of nitrogens with zero attached hydrogens (tertiary/aromatic N) is 2. The highest BCUT2D eigenvalue weighted by Crippen LogP contribution is 2.30. The molecule has 2 aromatic carbocycles. The number of halogens is 2. The van der Waals surface area contributed by atoms with E-state index in [9.17, 15) is 9.18 Å². The number of hydrogen-bond donors (Lipinski definition) is 1. The molecule has 0 fully saturated rings. The van der Waals surface area contributed by atoms with Crippen LogP contribution >= 0.6 is 15.9 Å². The number of rotatable bonds is 6. The monoisotopic (exact) mass is 431 g/mol. The zero-order valence-corrected chi connectivity index (χ0v) is 15.9. The zero-order valence-electron chi connectivity index (χ0n) is 14.3. The third kappa shape index (κ3) is 5.01. The Kier molecular flexibility index (Phi) is 5.97. The minimum Gasteiger partial charge on any atom is -0.483 e. The molecule has 0 radical (unpaired) electrons. The predicted molar refractivity (Wildman–Crippen MR) is 102 cm³/mol. The predicted octanol–water partition coefficient (Wildman–Crippen LogP) is 4.16. The molecule has 27 heavy (non-hydrogen) atoms. The molecule has 0 spiro atoms. The first-order valence-corrected chi connectivity index (χ1v) is 8.74. The SMILES string of the molecule is C/C(=N\NC(=O)COc1ccc(F)cc1-c1ccno1)c1ccc(Br)cc1. The van der Waals surface area contributed by atoms with Crippen LogP contribution in [0.2, 0.25) is 0 Å². The Bertz CT molecular complexity index is 957. The Morgan fingerprint density at radius 3 is 2.74 bits per heavy atom. The van der Waals surface area contributed by atoms with E-state index in [2.05, 4.69) is 31.6 Å². The smallest absolute Gasteiger partial charge is 0.277 e. The Balaban J connectivity index is 1.63. The van der Waals surface area contributed by atoms with Crippen LogP contribution in [0.4, 0.5) is 4.39 Å². The number of hydrazone groups is 1. The summed E-state index contributed by atoms with van der Waals surface area (Å²) in [6.07, 6.45) is 1.44. The number of carbonyl (C=O) groups excluding carboxylic acids is 1. The summed E-state index contributed by atoms with van der Waals surface area (Å²) < 4.78 is 25.0. The van der Waals surface area contributed by atoms with Crippen molar-refractivity contribution in [3.05, 3.63) is 70.6 Å². The lowest BCUT2D eigenvalue weighted by atomic mass is 10.1. The highest BCUT2D eigenvalue weighted by molar-refractivity contribution is 9.10. The molecule has 0 bridgehead atoms. The van der Waals surface area contributed by atoms with Gasteiger partial charge in [0, 0.05) is 10.5 Å². The van der Waals surface area contributed by atoms with E-state index in [1.165, 1.54) is 24.4 Å². The van der Waals surface area contributed by atoms with E-state index in [0.717, 1.165) is 10.0 Å². The molecule has 3 rings (SSSR count). The fourth-order valence-electron chi connectivity index (χ4n) is 2.25. The molecule has 1 amide bonds. The first-order chi connectivity index (χ1) is 13.0. The van der Waals surface area contributed by atoms with Gasteiger partial charge in [0.2, 0.25) is 0 Å². The highest BCUT2D eigenvalue weighted by Gasteiger charge is 2.13. The summed E-state index contributed by atoms with van der Waals surface area (Å²) in [5.41, 5.74) is 4.34. The first kappa shape index (κ1) is 18.8. The van der Waals surface area contributed by atoms with Crippen LogP contribution in [0.5, 0.6) is 5.75 Å². The van der Waals surface area contributed by atoms with Gasteiger partial charge < -0.3 is 9.26 Å². The van der Waals surface area contributed by atoms with Gasteiger partial charge in [-0.1, -0.05) is 33.2 Å². The maximum Gasteiger partial charge on any atom is 0.277 e. The van der Waals surface area contributed by atoms with Crippen LogP contribution in [0.15, 0.2) is 68.8 Å². The summed E-state index contributed by atoms with van der Waals surface area (Å²) in [5.74, 6) is -0.252. The van der Waals surface area contributed by atoms with Crippen LogP contribution in [-0.4, -0.2) is 23.4 Å². The molecule has 8 heteroatoms. The maximum absolute atomic E-state index is 13.5. The van der Waals surface area contributed by atoms with Crippen molar-refractivity contribution < 1.29 is 18.4 Å². The van der Waals surface area contributed by atoms with Gasteiger partial charge in [-0.2, -0.15) is 5.10 Å². The molecule has 0 aliphatic heterocycles. The van der Waals surface area contributed by atoms with Crippen LogP contribution in [0, 0.1) is 5.82 Å². The zero-order chi connectivity index (χ0) is 19.2. The number of ether oxygens (including phenoxy) is 1. The number of amides is 1. The molecule has 138 valence electrons. The molecule has 0 saturated carbocycles. The number of nitrogens with one attached hydrogen (secondary N) is 1. The van der Waals surface area contributed by atoms with Gasteiger partial charge >= 0.3 is 0 Å². The Hall–Kier alpha value is -3.00. The third-order valence-corrected chi connectivity index (χ3v) is 4.14. The number of aromatic nitrogens is 1. The Morgan fingerprint density at radius 2 is 2.04 bits per heavy atom. The standard InChI is InChI=1S/C19H15BrFN3O3/c1-12(13-2-4-14(20)5-3-13)23-24-19(25)11-26-17-7-6-15(21)10-16(17)18-8-9-22-27-18/h2-10H,11H2,1H3,(H,24,25)/b23-12+. The van der Waals surface area contributed by atoms with E-state index in [-0.39, 0.29) is 6.61 Å². The van der Waals surface area contributed by atoms with Gasteiger partial charge in [0.25, 0.3) is 5.91 Å². The van der Waals surface area contributed by atoms with Crippen molar-refractivity contribution in [3.8, 4) is 17.1 Å². The average Bonchev–Trinajstić information content (AvgIpc) is 3.20. The minimum atomic E-state index is -0.451. The molecule has 6 nitrogen and oxygen atoms in total. The summed E-state index contributed by atoms with van der Waals surface area (Å²) in [6.45, 7) is 1.50. The van der Waals surface area contributed by atoms with Crippen LogP contribution in [0.3, 0.4) is 0 Å². The lowest BCUT2D eigenvalue weighted by Crippen LogP contribution is -2.25. The van der Waals surface area contributed by atoms with Crippen molar-refractivity contribution in [1.82, 2.24) is 10.6 Å². The van der Waals surface area contributed by atoms with E-state index in [0.29, 0.717) is 22.8 Å². The molecular formula is C19H15BrFN3O3. The van der Waals surface area contributed by atoms with Crippen LogP contribution < -0.4 is 10.2 Å². The topological polar surface area (TPSA) is 76.7 Å². The number of benzene rings is 2. The molecule has 0 aliphatic carbocycles. The van der Waals surface area contributed by atoms with Crippen LogP contribution in [0.1, 0.15) is 12.5 Å². The van der Waals surface area contributed by atoms with Crippen molar-refractivity contribution in [2.45, 2.75) is 6.92 Å². The van der Waals surface area contributed by atoms with Crippen molar-refractivity contribution >= 4 is 27.5 Å². The molecule has 1 heterocycles. The fraction of sp³-hybridized carbons (Fsp3) is 0.105. The molecule has 0 unspecified atom stereocenters. The maximum atomic E-state index is 13.5. The Morgan fingerprint density at radius 1 is 1.26 bits per heavy atom. The quantitative estimate of drug-likeness (QED) is 0.469. The van der Waals surface area contributed by atoms with E-state index < -0.39 is 11.7 Å². The molecule has 0 atom stereocenters. The Labute approximate surface area is 163 Å². The second kappa shape index (κ2) is 8.59. The van der Waals surface area contributed by atoms with Crippen LogP contribution in [-0.2, 0) is 4.79 Å². The lowest BCUT2D eigenvalue weighted by molar-refractivity contribution is -0.123. The highest BCUT2D eigenvalue weighted by atomic mass is 79.9. The number of carbonyl (C=O) groups is 1. The van der Waals surface area contributed by atoms with Gasteiger partial charge in [-0.05, 0) is 42.8 Å². The van der Waals surface area contributed by atoms with Crippen LogP contribution in [0.25, 0.3) is 11.3 Å². The first-order valence-electron chi connectivity index (χ1n) is 7.95. The summed E-state index contributed by atoms with van der Waals surface area (Å²) in [7, 11) is 0. The molecule has 1 aromatic heterocycles. The van der Waals surface area contributed by atoms with Crippen molar-refractivity contribution in [2.75, 3.05) is 6.61 Å². The number of hydrogen-bond acceptors (Lipinski definition) is 5. The third-order valence-electron chi connectivity index (χ3n) is 3.61. The van der Waals surface area contributed by atoms with Gasteiger partial charge in [-0.25, -0.2) is 9.82 Å². The van der Waals surface area contributed by atoms with E-state index in [1.807, 2.05) is 24.3 Å². The minimum absolute atomic E-state index is 0.288. The summed E-state index contributed by atoms with van der Waals surface area (Å²) in [6, 6.07) is 13.0. The van der Waals surface area contributed by atoms with Gasteiger partial charge in [0.1, 0.15) is 11.6 Å². The second-order valence-electron chi connectivity index (χ2n) is 5.54. The normalized spacial score (nSPS) is 11.3. The van der Waals surface area contributed by atoms with Gasteiger partial charge in [-0.15, -0.1) is 0 Å². The van der Waals surface area contributed by atoms with Crippen molar-refractivity contribution in [3.63, 3.8) is 0 Å². The second-order valence-corrected chi connectivity index (χ2v) is 6.46. The van der Waals surface area contributed by atoms with E-state index in [4.69, 9.17) is 9.26 Å². The summed E-state index contributed by atoms with van der Waals surface area (Å²) in [4.78, 5) is 12.0. The molecule has 1 N–H and O–H groups in total. The molecule has 0 saturated heterocycles. The summed E-state index contributed by atoms with van der Waals surface area (Å²) >= 11 is 3.36. The lowest BCUT2D eigenvalue weighted by Gasteiger charge is -2.09. The molecule has 0 aliphatic rings. The summed E-state index contributed by atoms with van der Waals surface area (Å²) in [5, 5.41) is 7.65. The van der Waals surface area contributed by atoms with E-state index >= 15 is 0 Å². The average molecular weight is 432 g/mol. The van der Waals surface area contributed by atoms with Gasteiger partial charge in [0.15, 0.2) is 12.4 Å². The largest absolute Gasteiger partial charge is 0.483 e. The fourth-order valence-corrected chi connectivity index (χ4v) is 2.52. The van der Waals surface area contributed by atoms with Gasteiger partial charge in [0.05, 0.1) is 17.5 Å². The van der Waals surface area contributed by atoms with Crippen molar-refractivity contribution in [2.24, 2.45) is 5.10 Å². The van der Waals surface area contributed by atoms with Crippen molar-refractivity contribution in [1.29, 1.82) is 0 Å².